The van der Waals surface area contributed by atoms with Gasteiger partial charge in [-0.25, -0.2) is 9.78 Å². The van der Waals surface area contributed by atoms with Crippen molar-refractivity contribution < 1.29 is 14.1 Å². The van der Waals surface area contributed by atoms with Crippen molar-refractivity contribution in [2.45, 2.75) is 6.92 Å². The average Bonchev–Trinajstić information content (AvgIpc) is 3.02. The zero-order chi connectivity index (χ0) is 16.9. The van der Waals surface area contributed by atoms with E-state index < -0.39 is 5.76 Å². The Balaban J connectivity index is 0.00000225. The van der Waals surface area contributed by atoms with Crippen molar-refractivity contribution in [1.29, 1.82) is 0 Å². The molecule has 0 aliphatic carbocycles. The molecular formula is C15H20ClN5O4. The van der Waals surface area contributed by atoms with Gasteiger partial charge >= 0.3 is 5.76 Å². The number of carbonyl (C=O) groups is 1. The van der Waals surface area contributed by atoms with Gasteiger partial charge in [0.1, 0.15) is 18.1 Å². The molecule has 3 heterocycles. The lowest BCUT2D eigenvalue weighted by Gasteiger charge is -2.33. The molecule has 1 aliphatic heterocycles. The number of nitrogens with one attached hydrogen (secondary N) is 1. The largest absolute Gasteiger partial charge is 0.491 e. The second-order valence-corrected chi connectivity index (χ2v) is 5.52. The number of aromatic nitrogens is 3. The Kier molecular flexibility index (Phi) is 6.54. The predicted molar refractivity (Wildman–Crippen MR) is 91.8 cm³/mol. The van der Waals surface area contributed by atoms with Gasteiger partial charge in [-0.05, 0) is 12.1 Å². The van der Waals surface area contributed by atoms with Gasteiger partial charge in [0.25, 0.3) is 0 Å². The highest BCUT2D eigenvalue weighted by atomic mass is 35.5. The molecule has 25 heavy (non-hydrogen) atoms. The highest BCUT2D eigenvalue weighted by Gasteiger charge is 2.18. The van der Waals surface area contributed by atoms with Crippen LogP contribution in [-0.2, 0) is 4.79 Å². The molecule has 0 spiro atoms. The summed E-state index contributed by atoms with van der Waals surface area (Å²) in [6.45, 7) is 6.19. The van der Waals surface area contributed by atoms with E-state index in [0.29, 0.717) is 18.1 Å². The highest BCUT2D eigenvalue weighted by Crippen LogP contribution is 2.15. The number of amides is 1. The summed E-state index contributed by atoms with van der Waals surface area (Å²) in [7, 11) is 0. The van der Waals surface area contributed by atoms with Gasteiger partial charge in [-0.2, -0.15) is 0 Å². The summed E-state index contributed by atoms with van der Waals surface area (Å²) in [4.78, 5) is 32.9. The molecule has 0 bridgehead atoms. The van der Waals surface area contributed by atoms with Crippen LogP contribution in [0.3, 0.4) is 0 Å². The number of carbonyl (C=O) groups excluding carboxylic acids is 1. The maximum Gasteiger partial charge on any atom is 0.439 e. The van der Waals surface area contributed by atoms with Crippen molar-refractivity contribution in [3.05, 3.63) is 28.9 Å². The van der Waals surface area contributed by atoms with Crippen molar-refractivity contribution in [1.82, 2.24) is 24.9 Å². The normalized spacial score (nSPS) is 14.8. The Bertz CT molecular complexity index is 737. The molecule has 1 aliphatic rings. The summed E-state index contributed by atoms with van der Waals surface area (Å²) < 4.78 is 10.1. The van der Waals surface area contributed by atoms with Gasteiger partial charge in [-0.1, -0.05) is 5.16 Å². The number of hydrogen-bond donors (Lipinski definition) is 1. The Morgan fingerprint density at radius 2 is 2.08 bits per heavy atom. The van der Waals surface area contributed by atoms with Crippen LogP contribution < -0.4 is 10.5 Å². The molecule has 10 heteroatoms. The van der Waals surface area contributed by atoms with Crippen molar-refractivity contribution in [2.24, 2.45) is 0 Å². The highest BCUT2D eigenvalue weighted by molar-refractivity contribution is 5.85. The molecule has 0 radical (unpaired) electrons. The molecule has 0 saturated carbocycles. The van der Waals surface area contributed by atoms with Gasteiger partial charge in [0.15, 0.2) is 0 Å². The van der Waals surface area contributed by atoms with Crippen molar-refractivity contribution in [2.75, 3.05) is 39.3 Å². The Labute approximate surface area is 150 Å². The third-order valence-electron chi connectivity index (χ3n) is 3.91. The molecule has 0 aromatic carbocycles. The fourth-order valence-electron chi connectivity index (χ4n) is 2.52. The molecule has 1 N–H and O–H groups in total. The molecule has 1 fully saturated rings. The summed E-state index contributed by atoms with van der Waals surface area (Å²) in [5.74, 6) is 0.448. The molecule has 3 rings (SSSR count). The first-order valence-corrected chi connectivity index (χ1v) is 7.75. The minimum atomic E-state index is -0.614. The standard InChI is InChI=1S/C15H19N5O4.ClH/c1-11(21)20-6-4-19(5-7-20)8-9-23-12-2-3-13(16-10-12)14-17-15(22)24-18-14;/h2-3,10H,4-9H2,1H3,(H,17,18,22);1H. The molecule has 2 aromatic heterocycles. The first-order valence-electron chi connectivity index (χ1n) is 7.75. The number of rotatable bonds is 5. The van der Waals surface area contributed by atoms with Crippen LogP contribution in [0.2, 0.25) is 0 Å². The number of aromatic amines is 1. The van der Waals surface area contributed by atoms with E-state index >= 15 is 0 Å². The number of H-pyrrole nitrogens is 1. The fraction of sp³-hybridized carbons (Fsp3) is 0.467. The van der Waals surface area contributed by atoms with E-state index in [2.05, 4.69) is 24.5 Å². The minimum absolute atomic E-state index is 0. The van der Waals surface area contributed by atoms with Gasteiger partial charge in [0.05, 0.1) is 6.20 Å². The number of pyridine rings is 1. The first kappa shape index (κ1) is 18.9. The summed E-state index contributed by atoms with van der Waals surface area (Å²) in [6, 6.07) is 3.47. The Morgan fingerprint density at radius 3 is 2.64 bits per heavy atom. The number of halogens is 1. The van der Waals surface area contributed by atoms with Gasteiger partial charge in [0, 0.05) is 39.6 Å². The fourth-order valence-corrected chi connectivity index (χ4v) is 2.52. The summed E-state index contributed by atoms with van der Waals surface area (Å²) in [5, 5.41) is 3.58. The van der Waals surface area contributed by atoms with E-state index in [1.54, 1.807) is 25.3 Å². The van der Waals surface area contributed by atoms with Crippen molar-refractivity contribution in [3.8, 4) is 17.3 Å². The number of hydrogen-bond acceptors (Lipinski definition) is 7. The molecule has 136 valence electrons. The minimum Gasteiger partial charge on any atom is -0.491 e. The topological polar surface area (TPSA) is 105 Å². The third-order valence-corrected chi connectivity index (χ3v) is 3.91. The summed E-state index contributed by atoms with van der Waals surface area (Å²) in [6.07, 6.45) is 1.58. The van der Waals surface area contributed by atoms with Gasteiger partial charge < -0.3 is 9.64 Å². The molecule has 9 nitrogen and oxygen atoms in total. The Hall–Kier alpha value is -2.39. The zero-order valence-corrected chi connectivity index (χ0v) is 14.6. The lowest BCUT2D eigenvalue weighted by Crippen LogP contribution is -2.48. The van der Waals surface area contributed by atoms with Crippen LogP contribution in [-0.4, -0.2) is 70.2 Å². The lowest BCUT2D eigenvalue weighted by molar-refractivity contribution is -0.130. The van der Waals surface area contributed by atoms with Crippen molar-refractivity contribution in [3.63, 3.8) is 0 Å². The Morgan fingerprint density at radius 1 is 1.32 bits per heavy atom. The van der Waals surface area contributed by atoms with E-state index in [4.69, 9.17) is 4.74 Å². The van der Waals surface area contributed by atoms with E-state index in [1.807, 2.05) is 4.90 Å². The molecule has 2 aromatic rings. The molecule has 0 atom stereocenters. The maximum atomic E-state index is 11.3. The molecular weight excluding hydrogens is 350 g/mol. The summed E-state index contributed by atoms with van der Waals surface area (Å²) in [5.41, 5.74) is 0.508. The number of nitrogens with zero attached hydrogens (tertiary/aromatic N) is 4. The van der Waals surface area contributed by atoms with E-state index in [1.165, 1.54) is 0 Å². The quantitative estimate of drug-likeness (QED) is 0.812. The average molecular weight is 370 g/mol. The smallest absolute Gasteiger partial charge is 0.439 e. The van der Waals surface area contributed by atoms with E-state index in [-0.39, 0.29) is 24.1 Å². The SMILES string of the molecule is CC(=O)N1CCN(CCOc2ccc(-c3noc(=O)[nH]3)nc2)CC1.Cl. The van der Waals surface area contributed by atoms with Crippen LogP contribution in [0, 0.1) is 0 Å². The molecule has 1 saturated heterocycles. The monoisotopic (exact) mass is 369 g/mol. The van der Waals surface area contributed by atoms with E-state index in [9.17, 15) is 9.59 Å². The maximum absolute atomic E-state index is 11.3. The summed E-state index contributed by atoms with van der Waals surface area (Å²) >= 11 is 0. The third kappa shape index (κ3) is 5.04. The second kappa shape index (κ2) is 8.63. The number of ether oxygens (including phenoxy) is 1. The van der Waals surface area contributed by atoms with Crippen LogP contribution >= 0.6 is 12.4 Å². The molecule has 0 unspecified atom stereocenters. The van der Waals surface area contributed by atoms with Gasteiger partial charge in [0.2, 0.25) is 11.7 Å². The van der Waals surface area contributed by atoms with Crippen LogP contribution in [0.1, 0.15) is 6.92 Å². The van der Waals surface area contributed by atoms with Crippen LogP contribution in [0.15, 0.2) is 27.6 Å². The van der Waals surface area contributed by atoms with Gasteiger partial charge in [-0.3, -0.25) is 19.2 Å². The van der Waals surface area contributed by atoms with Crippen LogP contribution in [0.25, 0.3) is 11.5 Å². The van der Waals surface area contributed by atoms with Gasteiger partial charge in [-0.15, -0.1) is 12.4 Å². The zero-order valence-electron chi connectivity index (χ0n) is 13.8. The van der Waals surface area contributed by atoms with Crippen LogP contribution in [0.5, 0.6) is 5.75 Å². The van der Waals surface area contributed by atoms with Crippen molar-refractivity contribution >= 4 is 18.3 Å². The number of piperazine rings is 1. The van der Waals surface area contributed by atoms with Crippen LogP contribution in [0.4, 0.5) is 0 Å². The van der Waals surface area contributed by atoms with E-state index in [0.717, 1.165) is 32.7 Å². The lowest BCUT2D eigenvalue weighted by atomic mass is 10.3. The molecule has 1 amide bonds. The first-order chi connectivity index (χ1) is 11.6. The predicted octanol–water partition coefficient (Wildman–Crippen LogP) is 0.390. The second-order valence-electron chi connectivity index (χ2n) is 5.52.